The number of ether oxygens (including phenoxy) is 1. The van der Waals surface area contributed by atoms with E-state index in [1.165, 1.54) is 19.4 Å². The van der Waals surface area contributed by atoms with Crippen molar-refractivity contribution in [2.45, 2.75) is 51.3 Å². The van der Waals surface area contributed by atoms with E-state index in [2.05, 4.69) is 27.3 Å². The first-order chi connectivity index (χ1) is 9.78. The van der Waals surface area contributed by atoms with Crippen molar-refractivity contribution in [1.82, 2.24) is 20.4 Å². The highest BCUT2D eigenvalue weighted by molar-refractivity contribution is 4.98. The molecule has 3 atom stereocenters. The molecule has 2 fully saturated rings. The molecule has 2 saturated heterocycles. The maximum atomic E-state index is 5.91. The summed E-state index contributed by atoms with van der Waals surface area (Å²) in [6.45, 7) is 7.99. The van der Waals surface area contributed by atoms with Crippen LogP contribution in [-0.2, 0) is 4.74 Å². The Balaban J connectivity index is 1.61. The average Bonchev–Trinajstić information content (AvgIpc) is 3.12. The third-order valence-electron chi connectivity index (χ3n) is 4.21. The molecule has 112 valence electrons. The Labute approximate surface area is 119 Å². The normalized spacial score (nSPS) is 28.5. The summed E-state index contributed by atoms with van der Waals surface area (Å²) in [5, 5.41) is 7.46. The topological polar surface area (TPSA) is 63.4 Å². The van der Waals surface area contributed by atoms with E-state index in [9.17, 15) is 0 Å². The minimum Gasteiger partial charge on any atom is -0.367 e. The monoisotopic (exact) mass is 280 g/mol. The van der Waals surface area contributed by atoms with Gasteiger partial charge < -0.3 is 14.6 Å². The van der Waals surface area contributed by atoms with Gasteiger partial charge in [0.05, 0.1) is 12.6 Å². The third kappa shape index (κ3) is 2.87. The Morgan fingerprint density at radius 2 is 2.40 bits per heavy atom. The van der Waals surface area contributed by atoms with Crippen LogP contribution in [0.2, 0.25) is 0 Å². The summed E-state index contributed by atoms with van der Waals surface area (Å²) in [6.07, 6.45) is 3.58. The van der Waals surface area contributed by atoms with Crippen molar-refractivity contribution in [2.24, 2.45) is 0 Å². The summed E-state index contributed by atoms with van der Waals surface area (Å²) in [7, 11) is 0. The summed E-state index contributed by atoms with van der Waals surface area (Å²) < 4.78 is 11.3. The number of fused-ring (bicyclic) bond motifs is 1. The second-order valence-electron chi connectivity index (χ2n) is 5.78. The van der Waals surface area contributed by atoms with Crippen molar-refractivity contribution < 1.29 is 9.26 Å². The van der Waals surface area contributed by atoms with Gasteiger partial charge in [-0.25, -0.2) is 0 Å². The van der Waals surface area contributed by atoms with Crippen LogP contribution in [0.25, 0.3) is 0 Å². The molecule has 2 aliphatic rings. The van der Waals surface area contributed by atoms with E-state index in [-0.39, 0.29) is 12.1 Å². The molecule has 6 nitrogen and oxygen atoms in total. The number of hydrogen-bond donors (Lipinski definition) is 1. The zero-order valence-electron chi connectivity index (χ0n) is 12.3. The summed E-state index contributed by atoms with van der Waals surface area (Å²) >= 11 is 0. The molecule has 1 N–H and O–H groups in total. The second kappa shape index (κ2) is 6.20. The van der Waals surface area contributed by atoms with E-state index in [4.69, 9.17) is 9.26 Å². The second-order valence-corrected chi connectivity index (χ2v) is 5.78. The Morgan fingerprint density at radius 1 is 1.50 bits per heavy atom. The van der Waals surface area contributed by atoms with Gasteiger partial charge in [-0.15, -0.1) is 0 Å². The van der Waals surface area contributed by atoms with Gasteiger partial charge in [-0.05, 0) is 39.3 Å². The SMILES string of the molecule is CCCNC(C)c1nc(C2CN3CCCC3CO2)no1. The number of hydrogen-bond acceptors (Lipinski definition) is 6. The summed E-state index contributed by atoms with van der Waals surface area (Å²) in [5.41, 5.74) is 0. The molecule has 6 heteroatoms. The molecular weight excluding hydrogens is 256 g/mol. The van der Waals surface area contributed by atoms with Crippen molar-refractivity contribution >= 4 is 0 Å². The molecular formula is C14H24N4O2. The molecule has 0 aromatic carbocycles. The lowest BCUT2D eigenvalue weighted by atomic mass is 10.2. The van der Waals surface area contributed by atoms with Gasteiger partial charge in [-0.3, -0.25) is 4.90 Å². The number of rotatable bonds is 5. The minimum absolute atomic E-state index is 0.0415. The van der Waals surface area contributed by atoms with Crippen molar-refractivity contribution in [3.8, 4) is 0 Å². The van der Waals surface area contributed by atoms with Crippen LogP contribution in [-0.4, -0.2) is 47.3 Å². The maximum absolute atomic E-state index is 5.91. The molecule has 0 amide bonds. The molecule has 0 saturated carbocycles. The summed E-state index contributed by atoms with van der Waals surface area (Å²) in [6, 6.07) is 0.696. The van der Waals surface area contributed by atoms with Crippen molar-refractivity contribution in [2.75, 3.05) is 26.2 Å². The molecule has 0 spiro atoms. The first-order valence-electron chi connectivity index (χ1n) is 7.70. The van der Waals surface area contributed by atoms with Gasteiger partial charge in [0.1, 0.15) is 6.10 Å². The van der Waals surface area contributed by atoms with E-state index in [0.29, 0.717) is 17.8 Å². The van der Waals surface area contributed by atoms with Gasteiger partial charge in [-0.1, -0.05) is 12.1 Å². The van der Waals surface area contributed by atoms with E-state index in [0.717, 1.165) is 26.1 Å². The highest BCUT2D eigenvalue weighted by atomic mass is 16.5. The van der Waals surface area contributed by atoms with Crippen molar-refractivity contribution in [1.29, 1.82) is 0 Å². The van der Waals surface area contributed by atoms with Crippen LogP contribution in [0.15, 0.2) is 4.52 Å². The molecule has 3 unspecified atom stereocenters. The predicted molar refractivity (Wildman–Crippen MR) is 74.3 cm³/mol. The van der Waals surface area contributed by atoms with Crippen molar-refractivity contribution in [3.05, 3.63) is 11.7 Å². The summed E-state index contributed by atoms with van der Waals surface area (Å²) in [4.78, 5) is 7.00. The molecule has 0 radical (unpaired) electrons. The van der Waals surface area contributed by atoms with E-state index < -0.39 is 0 Å². The highest BCUT2D eigenvalue weighted by Gasteiger charge is 2.35. The van der Waals surface area contributed by atoms with Gasteiger partial charge in [-0.2, -0.15) is 4.98 Å². The van der Waals surface area contributed by atoms with E-state index in [1.54, 1.807) is 0 Å². The molecule has 20 heavy (non-hydrogen) atoms. The predicted octanol–water partition coefficient (Wildman–Crippen LogP) is 1.67. The number of morpholine rings is 1. The maximum Gasteiger partial charge on any atom is 0.243 e. The molecule has 3 heterocycles. The fourth-order valence-electron chi connectivity index (χ4n) is 2.98. The molecule has 1 aromatic rings. The Bertz CT molecular complexity index is 437. The zero-order chi connectivity index (χ0) is 13.9. The van der Waals surface area contributed by atoms with Crippen LogP contribution in [0.1, 0.15) is 57.0 Å². The van der Waals surface area contributed by atoms with Crippen LogP contribution in [0.3, 0.4) is 0 Å². The quantitative estimate of drug-likeness (QED) is 0.885. The molecule has 1 aromatic heterocycles. The smallest absolute Gasteiger partial charge is 0.243 e. The van der Waals surface area contributed by atoms with Crippen LogP contribution in [0, 0.1) is 0 Å². The number of nitrogens with one attached hydrogen (secondary N) is 1. The molecule has 0 bridgehead atoms. The Morgan fingerprint density at radius 3 is 3.25 bits per heavy atom. The average molecular weight is 280 g/mol. The van der Waals surface area contributed by atoms with Gasteiger partial charge in [0.25, 0.3) is 0 Å². The van der Waals surface area contributed by atoms with Crippen LogP contribution in [0.4, 0.5) is 0 Å². The first kappa shape index (κ1) is 14.0. The zero-order valence-corrected chi connectivity index (χ0v) is 12.3. The molecule has 2 aliphatic heterocycles. The van der Waals surface area contributed by atoms with E-state index in [1.807, 2.05) is 6.92 Å². The first-order valence-corrected chi connectivity index (χ1v) is 7.70. The van der Waals surface area contributed by atoms with Gasteiger partial charge in [0.2, 0.25) is 11.7 Å². The van der Waals surface area contributed by atoms with Gasteiger partial charge >= 0.3 is 0 Å². The fourth-order valence-corrected chi connectivity index (χ4v) is 2.98. The fraction of sp³-hybridized carbons (Fsp3) is 0.857. The van der Waals surface area contributed by atoms with Gasteiger partial charge in [0, 0.05) is 12.6 Å². The lowest BCUT2D eigenvalue weighted by molar-refractivity contribution is -0.0548. The Hall–Kier alpha value is -0.980. The minimum atomic E-state index is -0.0415. The lowest BCUT2D eigenvalue weighted by Gasteiger charge is -2.33. The Kier molecular flexibility index (Phi) is 4.33. The summed E-state index contributed by atoms with van der Waals surface area (Å²) in [5.74, 6) is 1.34. The van der Waals surface area contributed by atoms with Crippen molar-refractivity contribution in [3.63, 3.8) is 0 Å². The van der Waals surface area contributed by atoms with Crippen LogP contribution < -0.4 is 5.32 Å². The lowest BCUT2D eigenvalue weighted by Crippen LogP contribution is -2.42. The van der Waals surface area contributed by atoms with E-state index >= 15 is 0 Å². The van der Waals surface area contributed by atoms with Gasteiger partial charge in [0.15, 0.2) is 0 Å². The molecule has 0 aliphatic carbocycles. The third-order valence-corrected chi connectivity index (χ3v) is 4.21. The highest BCUT2D eigenvalue weighted by Crippen LogP contribution is 2.29. The number of aromatic nitrogens is 2. The van der Waals surface area contributed by atoms with Crippen LogP contribution in [0.5, 0.6) is 0 Å². The largest absolute Gasteiger partial charge is 0.367 e. The standard InChI is InChI=1S/C14H24N4O2/c1-3-6-15-10(2)14-16-13(17-20-14)12-8-18-7-4-5-11(18)9-19-12/h10-12,15H,3-9H2,1-2H3. The molecule has 3 rings (SSSR count). The number of nitrogens with zero attached hydrogens (tertiary/aromatic N) is 3. The van der Waals surface area contributed by atoms with Crippen LogP contribution >= 0.6 is 0 Å².